The van der Waals surface area contributed by atoms with Crippen molar-refractivity contribution in [3.63, 3.8) is 0 Å². The van der Waals surface area contributed by atoms with E-state index in [0.29, 0.717) is 5.88 Å². The molecule has 1 atom stereocenters. The number of amides is 1. The predicted molar refractivity (Wildman–Crippen MR) is 60.5 cm³/mol. The Morgan fingerprint density at radius 3 is 2.79 bits per heavy atom. The molecule has 0 aliphatic carbocycles. The van der Waals surface area contributed by atoms with Crippen molar-refractivity contribution in [3.8, 4) is 0 Å². The first-order valence-corrected chi connectivity index (χ1v) is 5.66. The largest absolute Gasteiger partial charge is 0.369 e. The highest BCUT2D eigenvalue weighted by molar-refractivity contribution is 8.00. The molecule has 1 aromatic carbocycles. The molecule has 1 unspecified atom stereocenters. The number of hydrogen-bond donors (Lipinski definition) is 1. The number of hydrogen-bond acceptors (Lipinski definition) is 2. The molecule has 2 N–H and O–H groups in total. The SMILES string of the molecule is CC(Sc1ccccc1CCl)C(N)=O. The maximum Gasteiger partial charge on any atom is 0.230 e. The zero-order valence-electron chi connectivity index (χ0n) is 7.87. The van der Waals surface area contributed by atoms with Crippen LogP contribution in [-0.2, 0) is 10.7 Å². The monoisotopic (exact) mass is 229 g/mol. The molecule has 0 heterocycles. The van der Waals surface area contributed by atoms with Crippen LogP contribution in [0.5, 0.6) is 0 Å². The Morgan fingerprint density at radius 1 is 1.57 bits per heavy atom. The van der Waals surface area contributed by atoms with Crippen LogP contribution in [0.3, 0.4) is 0 Å². The Bertz CT molecular complexity index is 330. The Labute approximate surface area is 92.8 Å². The van der Waals surface area contributed by atoms with E-state index >= 15 is 0 Å². The van der Waals surface area contributed by atoms with E-state index in [-0.39, 0.29) is 11.2 Å². The Balaban J connectivity index is 2.80. The fourth-order valence-electron chi connectivity index (χ4n) is 0.978. The minimum absolute atomic E-state index is 0.223. The number of primary amides is 1. The summed E-state index contributed by atoms with van der Waals surface area (Å²) in [6.45, 7) is 1.79. The molecular weight excluding hydrogens is 218 g/mol. The van der Waals surface area contributed by atoms with Gasteiger partial charge in [-0.25, -0.2) is 0 Å². The number of carbonyl (C=O) groups is 1. The molecule has 1 rings (SSSR count). The van der Waals surface area contributed by atoms with E-state index in [4.69, 9.17) is 17.3 Å². The van der Waals surface area contributed by atoms with Crippen molar-refractivity contribution in [1.29, 1.82) is 0 Å². The van der Waals surface area contributed by atoms with Crippen molar-refractivity contribution in [2.45, 2.75) is 22.9 Å². The second kappa shape index (κ2) is 5.27. The summed E-state index contributed by atoms with van der Waals surface area (Å²) in [5, 5.41) is -0.223. The van der Waals surface area contributed by atoms with Gasteiger partial charge in [-0.15, -0.1) is 23.4 Å². The Hall–Kier alpha value is -0.670. The lowest BCUT2D eigenvalue weighted by atomic mass is 10.2. The highest BCUT2D eigenvalue weighted by Gasteiger charge is 2.11. The zero-order valence-corrected chi connectivity index (χ0v) is 9.44. The number of thioether (sulfide) groups is 1. The van der Waals surface area contributed by atoms with Crippen LogP contribution < -0.4 is 5.73 Å². The fraction of sp³-hybridized carbons (Fsp3) is 0.300. The van der Waals surface area contributed by atoms with E-state index in [1.165, 1.54) is 11.8 Å². The van der Waals surface area contributed by atoms with Crippen LogP contribution in [0.1, 0.15) is 12.5 Å². The summed E-state index contributed by atoms with van der Waals surface area (Å²) < 4.78 is 0. The maximum absolute atomic E-state index is 10.9. The van der Waals surface area contributed by atoms with Gasteiger partial charge in [0.25, 0.3) is 0 Å². The second-order valence-electron chi connectivity index (χ2n) is 2.90. The number of halogens is 1. The van der Waals surface area contributed by atoms with E-state index < -0.39 is 0 Å². The summed E-state index contributed by atoms with van der Waals surface area (Å²) >= 11 is 7.21. The van der Waals surface area contributed by atoms with Crippen LogP contribution in [0.25, 0.3) is 0 Å². The third kappa shape index (κ3) is 2.93. The topological polar surface area (TPSA) is 43.1 Å². The van der Waals surface area contributed by atoms with Gasteiger partial charge in [0, 0.05) is 10.8 Å². The number of rotatable bonds is 4. The Morgan fingerprint density at radius 2 is 2.21 bits per heavy atom. The molecule has 0 fully saturated rings. The molecule has 1 aromatic rings. The molecule has 0 aliphatic rings. The summed E-state index contributed by atoms with van der Waals surface area (Å²) in [6.07, 6.45) is 0. The lowest BCUT2D eigenvalue weighted by molar-refractivity contribution is -0.117. The molecule has 0 aromatic heterocycles. The van der Waals surface area contributed by atoms with Gasteiger partial charge < -0.3 is 5.73 Å². The van der Waals surface area contributed by atoms with Crippen LogP contribution in [0.4, 0.5) is 0 Å². The van der Waals surface area contributed by atoms with E-state index in [1.807, 2.05) is 24.3 Å². The minimum atomic E-state index is -0.306. The van der Waals surface area contributed by atoms with E-state index in [0.717, 1.165) is 10.5 Å². The van der Waals surface area contributed by atoms with Gasteiger partial charge in [0.15, 0.2) is 0 Å². The van der Waals surface area contributed by atoms with Gasteiger partial charge in [-0.05, 0) is 18.6 Å². The van der Waals surface area contributed by atoms with Gasteiger partial charge in [0.2, 0.25) is 5.91 Å². The standard InChI is InChI=1S/C10H12ClNOS/c1-7(10(12)13)14-9-5-3-2-4-8(9)6-11/h2-5,7H,6H2,1H3,(H2,12,13). The van der Waals surface area contributed by atoms with Crippen LogP contribution >= 0.6 is 23.4 Å². The molecule has 4 heteroatoms. The third-order valence-electron chi connectivity index (χ3n) is 1.82. The molecule has 1 amide bonds. The molecule has 0 radical (unpaired) electrons. The van der Waals surface area contributed by atoms with Crippen LogP contribution in [0.2, 0.25) is 0 Å². The molecule has 0 saturated carbocycles. The first kappa shape index (κ1) is 11.4. The molecule has 0 bridgehead atoms. The molecular formula is C10H12ClNOS. The number of nitrogens with two attached hydrogens (primary N) is 1. The van der Waals surface area contributed by atoms with E-state index in [2.05, 4.69) is 0 Å². The van der Waals surface area contributed by atoms with Crippen molar-refractivity contribution in [2.24, 2.45) is 5.73 Å². The third-order valence-corrected chi connectivity index (χ3v) is 3.35. The predicted octanol–water partition coefficient (Wildman–Crippen LogP) is 2.39. The minimum Gasteiger partial charge on any atom is -0.369 e. The van der Waals surface area contributed by atoms with Crippen LogP contribution in [-0.4, -0.2) is 11.2 Å². The second-order valence-corrected chi connectivity index (χ2v) is 4.55. The lowest BCUT2D eigenvalue weighted by Crippen LogP contribution is -2.22. The maximum atomic E-state index is 10.9. The summed E-state index contributed by atoms with van der Waals surface area (Å²) in [6, 6.07) is 7.74. The highest BCUT2D eigenvalue weighted by atomic mass is 35.5. The fourth-order valence-corrected chi connectivity index (χ4v) is 2.24. The zero-order chi connectivity index (χ0) is 10.6. The molecule has 76 valence electrons. The van der Waals surface area contributed by atoms with Gasteiger partial charge in [0.05, 0.1) is 5.25 Å². The number of carbonyl (C=O) groups excluding carboxylic acids is 1. The number of alkyl halides is 1. The van der Waals surface area contributed by atoms with Gasteiger partial charge >= 0.3 is 0 Å². The summed E-state index contributed by atoms with van der Waals surface area (Å²) in [4.78, 5) is 11.9. The molecule has 0 spiro atoms. The van der Waals surface area contributed by atoms with Crippen LogP contribution in [0.15, 0.2) is 29.2 Å². The Kier molecular flexibility index (Phi) is 4.29. The van der Waals surface area contributed by atoms with Gasteiger partial charge in [-0.3, -0.25) is 4.79 Å². The van der Waals surface area contributed by atoms with Crippen molar-refractivity contribution in [2.75, 3.05) is 0 Å². The van der Waals surface area contributed by atoms with E-state index in [1.54, 1.807) is 6.92 Å². The first-order chi connectivity index (χ1) is 6.65. The average molecular weight is 230 g/mol. The highest BCUT2D eigenvalue weighted by Crippen LogP contribution is 2.27. The van der Waals surface area contributed by atoms with Crippen LogP contribution in [0, 0.1) is 0 Å². The average Bonchev–Trinajstić information content (AvgIpc) is 2.18. The van der Waals surface area contributed by atoms with Gasteiger partial charge in [-0.1, -0.05) is 18.2 Å². The van der Waals surface area contributed by atoms with Crippen molar-refractivity contribution < 1.29 is 4.79 Å². The van der Waals surface area contributed by atoms with Crippen molar-refractivity contribution in [3.05, 3.63) is 29.8 Å². The van der Waals surface area contributed by atoms with Gasteiger partial charge in [-0.2, -0.15) is 0 Å². The lowest BCUT2D eigenvalue weighted by Gasteiger charge is -2.09. The van der Waals surface area contributed by atoms with E-state index in [9.17, 15) is 4.79 Å². The smallest absolute Gasteiger partial charge is 0.230 e. The molecule has 14 heavy (non-hydrogen) atoms. The van der Waals surface area contributed by atoms with Crippen molar-refractivity contribution in [1.82, 2.24) is 0 Å². The molecule has 0 saturated heterocycles. The summed E-state index contributed by atoms with van der Waals surface area (Å²) in [5.74, 6) is 0.147. The molecule has 0 aliphatic heterocycles. The molecule has 2 nitrogen and oxygen atoms in total. The first-order valence-electron chi connectivity index (χ1n) is 4.25. The number of benzene rings is 1. The summed E-state index contributed by atoms with van der Waals surface area (Å²) in [7, 11) is 0. The summed E-state index contributed by atoms with van der Waals surface area (Å²) in [5.41, 5.74) is 6.22. The van der Waals surface area contributed by atoms with Gasteiger partial charge in [0.1, 0.15) is 0 Å². The normalized spacial score (nSPS) is 12.4. The van der Waals surface area contributed by atoms with Crippen molar-refractivity contribution >= 4 is 29.3 Å². The quantitative estimate of drug-likeness (QED) is 0.637.